The van der Waals surface area contributed by atoms with Crippen molar-refractivity contribution in [3.05, 3.63) is 35.9 Å². The molecule has 0 aliphatic carbocycles. The lowest BCUT2D eigenvalue weighted by molar-refractivity contribution is -0.136. The highest BCUT2D eigenvalue weighted by Crippen LogP contribution is 2.26. The molecule has 25 heavy (non-hydrogen) atoms. The molecule has 1 aromatic rings. The number of carbonyl (C=O) groups excluding carboxylic acids is 1. The van der Waals surface area contributed by atoms with Crippen LogP contribution >= 0.6 is 0 Å². The van der Waals surface area contributed by atoms with E-state index in [0.29, 0.717) is 30.5 Å². The molecule has 0 unspecified atom stereocenters. The summed E-state index contributed by atoms with van der Waals surface area (Å²) in [7, 11) is 0. The van der Waals surface area contributed by atoms with Crippen molar-refractivity contribution in [2.45, 2.75) is 63.6 Å². The molecule has 2 fully saturated rings. The van der Waals surface area contributed by atoms with Crippen LogP contribution in [-0.2, 0) is 14.3 Å². The van der Waals surface area contributed by atoms with Crippen LogP contribution in [0.2, 0.25) is 0 Å². The molecule has 0 spiro atoms. The lowest BCUT2D eigenvalue weighted by atomic mass is 9.92. The number of rotatable bonds is 6. The van der Waals surface area contributed by atoms with Gasteiger partial charge in [-0.3, -0.25) is 4.79 Å². The summed E-state index contributed by atoms with van der Waals surface area (Å²) in [6.07, 6.45) is 6.22. The maximum Gasteiger partial charge on any atom is 0.223 e. The number of hydrogen-bond donors (Lipinski definition) is 0. The highest BCUT2D eigenvalue weighted by atomic mass is 16.5. The van der Waals surface area contributed by atoms with Gasteiger partial charge in [-0.15, -0.1) is 0 Å². The van der Waals surface area contributed by atoms with E-state index in [1.807, 2.05) is 11.0 Å². The number of nitrogens with zero attached hydrogens (tertiary/aromatic N) is 1. The number of piperidine rings is 1. The summed E-state index contributed by atoms with van der Waals surface area (Å²) in [5.74, 6) is 0.616. The predicted molar refractivity (Wildman–Crippen MR) is 98.6 cm³/mol. The van der Waals surface area contributed by atoms with Crippen molar-refractivity contribution in [3.8, 4) is 0 Å². The zero-order valence-corrected chi connectivity index (χ0v) is 15.4. The van der Waals surface area contributed by atoms with Gasteiger partial charge in [0.15, 0.2) is 0 Å². The van der Waals surface area contributed by atoms with Crippen molar-refractivity contribution in [2.75, 3.05) is 26.3 Å². The number of hydrogen-bond acceptors (Lipinski definition) is 3. The Labute approximate surface area is 151 Å². The van der Waals surface area contributed by atoms with Crippen molar-refractivity contribution in [1.29, 1.82) is 0 Å². The molecule has 0 N–H and O–H groups in total. The highest BCUT2D eigenvalue weighted by molar-refractivity contribution is 5.77. The van der Waals surface area contributed by atoms with Gasteiger partial charge < -0.3 is 14.4 Å². The van der Waals surface area contributed by atoms with E-state index in [4.69, 9.17) is 9.47 Å². The number of benzene rings is 1. The van der Waals surface area contributed by atoms with Gasteiger partial charge in [0.2, 0.25) is 5.91 Å². The maximum atomic E-state index is 12.7. The molecule has 2 saturated heterocycles. The summed E-state index contributed by atoms with van der Waals surface area (Å²) >= 11 is 0. The Morgan fingerprint density at radius 3 is 2.40 bits per heavy atom. The molecule has 138 valence electrons. The van der Waals surface area contributed by atoms with Crippen molar-refractivity contribution in [1.82, 2.24) is 4.90 Å². The first-order chi connectivity index (χ1) is 12.3. The van der Waals surface area contributed by atoms with Gasteiger partial charge in [-0.05, 0) is 43.6 Å². The van der Waals surface area contributed by atoms with Crippen LogP contribution in [0.3, 0.4) is 0 Å². The minimum Gasteiger partial charge on any atom is -0.381 e. The van der Waals surface area contributed by atoms with Crippen molar-refractivity contribution in [3.63, 3.8) is 0 Å². The van der Waals surface area contributed by atoms with E-state index in [2.05, 4.69) is 31.2 Å². The van der Waals surface area contributed by atoms with Crippen LogP contribution in [0.25, 0.3) is 0 Å². The van der Waals surface area contributed by atoms with Crippen molar-refractivity contribution in [2.24, 2.45) is 0 Å². The van der Waals surface area contributed by atoms with Crippen LogP contribution in [0, 0.1) is 0 Å². The van der Waals surface area contributed by atoms with Gasteiger partial charge in [-0.25, -0.2) is 0 Å². The van der Waals surface area contributed by atoms with Gasteiger partial charge in [0, 0.05) is 32.7 Å². The molecule has 1 amide bonds. The molecule has 1 aromatic carbocycles. The largest absolute Gasteiger partial charge is 0.381 e. The average Bonchev–Trinajstić information content (AvgIpc) is 2.68. The van der Waals surface area contributed by atoms with Gasteiger partial charge >= 0.3 is 0 Å². The second-order valence-corrected chi connectivity index (χ2v) is 7.25. The zero-order valence-electron chi connectivity index (χ0n) is 15.4. The Balaban J connectivity index is 1.44. The first kappa shape index (κ1) is 18.4. The monoisotopic (exact) mass is 345 g/mol. The Kier molecular flexibility index (Phi) is 6.88. The highest BCUT2D eigenvalue weighted by Gasteiger charge is 2.27. The van der Waals surface area contributed by atoms with Crippen LogP contribution in [0.4, 0.5) is 0 Å². The molecule has 1 atom stereocenters. The lowest BCUT2D eigenvalue weighted by Crippen LogP contribution is -2.42. The van der Waals surface area contributed by atoms with E-state index in [1.165, 1.54) is 5.56 Å². The fraction of sp³-hybridized carbons (Fsp3) is 0.667. The quantitative estimate of drug-likeness (QED) is 0.788. The Morgan fingerprint density at radius 1 is 1.12 bits per heavy atom. The van der Waals surface area contributed by atoms with Gasteiger partial charge in [0.05, 0.1) is 12.2 Å². The third-order valence-electron chi connectivity index (χ3n) is 5.53. The minimum absolute atomic E-state index is 0.292. The van der Waals surface area contributed by atoms with E-state index in [1.54, 1.807) is 0 Å². The van der Waals surface area contributed by atoms with Crippen LogP contribution in [-0.4, -0.2) is 49.3 Å². The van der Waals surface area contributed by atoms with Crippen LogP contribution in [0.1, 0.15) is 56.9 Å². The van der Waals surface area contributed by atoms with Crippen LogP contribution in [0.15, 0.2) is 30.3 Å². The summed E-state index contributed by atoms with van der Waals surface area (Å²) in [4.78, 5) is 14.7. The summed E-state index contributed by atoms with van der Waals surface area (Å²) in [5, 5.41) is 0. The number of carbonyl (C=O) groups is 1. The van der Waals surface area contributed by atoms with Crippen LogP contribution < -0.4 is 0 Å². The standard InChI is InChI=1S/C21H31NO3/c1-2-17(18-6-4-3-5-7-18)16-21(23)22-12-8-19(9-13-22)25-20-10-14-24-15-11-20/h3-7,17,19-20H,2,8-16H2,1H3/t17-/m0/s1. The maximum absolute atomic E-state index is 12.7. The van der Waals surface area contributed by atoms with E-state index in [9.17, 15) is 4.79 Å². The number of ether oxygens (including phenoxy) is 2. The number of likely N-dealkylation sites (tertiary alicyclic amines) is 1. The fourth-order valence-electron chi connectivity index (χ4n) is 3.89. The zero-order chi connectivity index (χ0) is 17.5. The first-order valence-corrected chi connectivity index (χ1v) is 9.82. The molecule has 2 aliphatic rings. The van der Waals surface area contributed by atoms with Gasteiger partial charge in [-0.1, -0.05) is 37.3 Å². The van der Waals surface area contributed by atoms with E-state index in [-0.39, 0.29) is 0 Å². The molecule has 2 heterocycles. The van der Waals surface area contributed by atoms with Gasteiger partial charge in [0.25, 0.3) is 0 Å². The fourth-order valence-corrected chi connectivity index (χ4v) is 3.89. The summed E-state index contributed by atoms with van der Waals surface area (Å²) < 4.78 is 11.6. The second-order valence-electron chi connectivity index (χ2n) is 7.25. The van der Waals surface area contributed by atoms with E-state index >= 15 is 0 Å². The Bertz CT molecular complexity index is 519. The molecular formula is C21H31NO3. The van der Waals surface area contributed by atoms with Crippen molar-refractivity contribution < 1.29 is 14.3 Å². The minimum atomic E-state index is 0.292. The van der Waals surface area contributed by atoms with E-state index < -0.39 is 0 Å². The van der Waals surface area contributed by atoms with Gasteiger partial charge in [0.1, 0.15) is 0 Å². The molecule has 0 saturated carbocycles. The average molecular weight is 345 g/mol. The molecule has 0 radical (unpaired) electrons. The van der Waals surface area contributed by atoms with Crippen molar-refractivity contribution >= 4 is 5.91 Å². The molecule has 2 aliphatic heterocycles. The predicted octanol–water partition coefficient (Wildman–Crippen LogP) is 3.76. The summed E-state index contributed by atoms with van der Waals surface area (Å²) in [6, 6.07) is 10.4. The second kappa shape index (κ2) is 9.35. The lowest BCUT2D eigenvalue weighted by Gasteiger charge is -2.35. The molecule has 3 rings (SSSR count). The van der Waals surface area contributed by atoms with Crippen LogP contribution in [0.5, 0.6) is 0 Å². The SMILES string of the molecule is CC[C@@H](CC(=O)N1CCC(OC2CCOCC2)CC1)c1ccccc1. The Hall–Kier alpha value is -1.39. The normalized spacial score (nSPS) is 21.2. The molecule has 0 aromatic heterocycles. The molecule has 4 nitrogen and oxygen atoms in total. The smallest absolute Gasteiger partial charge is 0.223 e. The Morgan fingerprint density at radius 2 is 1.76 bits per heavy atom. The molecule has 0 bridgehead atoms. The summed E-state index contributed by atoms with van der Waals surface area (Å²) in [6.45, 7) is 5.47. The first-order valence-electron chi connectivity index (χ1n) is 9.82. The third kappa shape index (κ3) is 5.29. The molecule has 4 heteroatoms. The summed E-state index contributed by atoms with van der Waals surface area (Å²) in [5.41, 5.74) is 1.27. The van der Waals surface area contributed by atoms with Gasteiger partial charge in [-0.2, -0.15) is 0 Å². The van der Waals surface area contributed by atoms with E-state index in [0.717, 1.165) is 58.4 Å². The third-order valence-corrected chi connectivity index (χ3v) is 5.53. The molecular weight excluding hydrogens is 314 g/mol. The number of amides is 1. The topological polar surface area (TPSA) is 38.8 Å².